The molecule has 0 atom stereocenters. The summed E-state index contributed by atoms with van der Waals surface area (Å²) in [6, 6.07) is 8.01. The maximum absolute atomic E-state index is 8.91. The highest BCUT2D eigenvalue weighted by molar-refractivity contribution is 5.90. The van der Waals surface area contributed by atoms with Gasteiger partial charge in [-0.1, -0.05) is 0 Å². The van der Waals surface area contributed by atoms with Crippen molar-refractivity contribution < 1.29 is 33.1 Å². The lowest BCUT2D eigenvalue weighted by atomic mass is 10.2. The van der Waals surface area contributed by atoms with Crippen molar-refractivity contribution >= 4 is 28.3 Å². The summed E-state index contributed by atoms with van der Waals surface area (Å²) in [5, 5.41) is 8.21. The van der Waals surface area contributed by atoms with Crippen molar-refractivity contribution in [2.75, 3.05) is 63.4 Å². The standard InChI is InChI=1S/C25H29N9O3/c1-35-15-16-36-19-6-4-18(5-7-19)32-11-8-31(9-12-32)10-13-33-23-20(17-27-33)24-28-22(21-3-2-14-37-21)30-34(24)25(26)29-23/h2-7,14,17H,8-13,15-16H2,1H3,(H2,26,29)/i1D3,8D2,9D2,10D2,11D2,12D2,17D. The molecule has 1 saturated heterocycles. The number of furan rings is 1. The van der Waals surface area contributed by atoms with E-state index in [0.29, 0.717) is 0 Å². The first-order valence-corrected chi connectivity index (χ1v) is 10.9. The molecule has 0 amide bonds. The topological polar surface area (TPSA) is 125 Å². The summed E-state index contributed by atoms with van der Waals surface area (Å²) >= 11 is 0. The summed E-state index contributed by atoms with van der Waals surface area (Å²) in [4.78, 5) is 8.64. The molecule has 12 nitrogen and oxygen atoms in total. The van der Waals surface area contributed by atoms with Crippen LogP contribution >= 0.6 is 0 Å². The predicted molar refractivity (Wildman–Crippen MR) is 139 cm³/mol. The summed E-state index contributed by atoms with van der Waals surface area (Å²) in [7, 11) is -2.63. The van der Waals surface area contributed by atoms with Gasteiger partial charge in [0.15, 0.2) is 17.1 Å². The Balaban J connectivity index is 1.34. The molecule has 1 fully saturated rings. The molecule has 1 aromatic carbocycles. The van der Waals surface area contributed by atoms with E-state index in [-0.39, 0.29) is 68.7 Å². The average molecular weight is 518 g/mol. The van der Waals surface area contributed by atoms with E-state index < -0.39 is 52.2 Å². The van der Waals surface area contributed by atoms with E-state index in [2.05, 4.69) is 24.9 Å². The van der Waals surface area contributed by atoms with E-state index in [1.807, 2.05) is 0 Å². The first-order valence-electron chi connectivity index (χ1n) is 17.9. The molecule has 37 heavy (non-hydrogen) atoms. The largest absolute Gasteiger partial charge is 0.491 e. The van der Waals surface area contributed by atoms with E-state index in [4.69, 9.17) is 34.1 Å². The number of fused-ring (bicyclic) bond motifs is 3. The third-order valence-corrected chi connectivity index (χ3v) is 5.24. The molecular formula is C25H29N9O3. The van der Waals surface area contributed by atoms with Gasteiger partial charge in [0.05, 0.1) is 41.9 Å². The van der Waals surface area contributed by atoms with Crippen molar-refractivity contribution in [3.63, 3.8) is 0 Å². The Kier molecular flexibility index (Phi) is 3.37. The number of piperazine rings is 1. The van der Waals surface area contributed by atoms with E-state index in [1.165, 1.54) is 18.4 Å². The minimum Gasteiger partial charge on any atom is -0.491 e. The van der Waals surface area contributed by atoms with Crippen molar-refractivity contribution in [3.05, 3.63) is 48.8 Å². The van der Waals surface area contributed by atoms with Crippen molar-refractivity contribution in [1.82, 2.24) is 34.3 Å². The van der Waals surface area contributed by atoms with Gasteiger partial charge >= 0.3 is 0 Å². The zero-order chi connectivity index (χ0) is 37.5. The van der Waals surface area contributed by atoms with E-state index in [1.54, 1.807) is 12.1 Å². The van der Waals surface area contributed by atoms with Gasteiger partial charge < -0.3 is 24.5 Å². The smallest absolute Gasteiger partial charge is 0.225 e. The molecular weight excluding hydrogens is 474 g/mol. The van der Waals surface area contributed by atoms with Crippen LogP contribution < -0.4 is 15.4 Å². The highest BCUT2D eigenvalue weighted by Gasteiger charge is 2.20. The highest BCUT2D eigenvalue weighted by atomic mass is 16.5. The Morgan fingerprint density at radius 2 is 2.00 bits per heavy atom. The minimum atomic E-state index is -3.58. The fourth-order valence-corrected chi connectivity index (χ4v) is 3.50. The molecule has 192 valence electrons. The molecule has 5 aromatic rings. The molecule has 0 aliphatic carbocycles. The van der Waals surface area contributed by atoms with E-state index >= 15 is 0 Å². The van der Waals surface area contributed by atoms with Crippen molar-refractivity contribution in [2.24, 2.45) is 0 Å². The second-order valence-corrected chi connectivity index (χ2v) is 7.55. The monoisotopic (exact) mass is 517 g/mol. The third kappa shape index (κ3) is 4.68. The molecule has 0 spiro atoms. The number of nitrogens with zero attached hydrogens (tertiary/aromatic N) is 8. The van der Waals surface area contributed by atoms with Crippen LogP contribution in [0.5, 0.6) is 5.75 Å². The number of nitrogens with two attached hydrogens (primary N) is 1. The van der Waals surface area contributed by atoms with Crippen LogP contribution in [0.2, 0.25) is 0 Å². The molecule has 0 unspecified atom stereocenters. The van der Waals surface area contributed by atoms with Crippen LogP contribution in [-0.4, -0.2) is 87.0 Å². The van der Waals surface area contributed by atoms with Crippen LogP contribution in [0, 0.1) is 0 Å². The number of ether oxygens (including phenoxy) is 2. The first kappa shape index (κ1) is 12.4. The van der Waals surface area contributed by atoms with Crippen LogP contribution in [0.15, 0.2) is 53.3 Å². The molecule has 12 heteroatoms. The van der Waals surface area contributed by atoms with Gasteiger partial charge in [0.2, 0.25) is 11.8 Å². The van der Waals surface area contributed by atoms with Gasteiger partial charge in [-0.05, 0) is 36.4 Å². The summed E-state index contributed by atoms with van der Waals surface area (Å²) in [5.41, 5.74) is 5.60. The zero-order valence-electron chi connectivity index (χ0n) is 33.0. The van der Waals surface area contributed by atoms with Crippen molar-refractivity contribution in [1.29, 1.82) is 0 Å². The van der Waals surface area contributed by atoms with Crippen LogP contribution in [0.3, 0.4) is 0 Å². The number of hydrogen-bond donors (Lipinski definition) is 1. The number of hydrogen-bond acceptors (Lipinski definition) is 10. The minimum absolute atomic E-state index is 0.00742. The lowest BCUT2D eigenvalue weighted by molar-refractivity contribution is 0.146. The number of nitrogen functional groups attached to an aromatic ring is 1. The normalized spacial score (nSPS) is 26.4. The number of anilines is 2. The van der Waals surface area contributed by atoms with Gasteiger partial charge in [0, 0.05) is 53.4 Å². The molecule has 2 N–H and O–H groups in total. The third-order valence-electron chi connectivity index (χ3n) is 5.24. The fraction of sp³-hybridized carbons (Fsp3) is 0.360. The summed E-state index contributed by atoms with van der Waals surface area (Å²) in [6.07, 6.45) is 0.934. The second kappa shape index (κ2) is 10.1. The van der Waals surface area contributed by atoms with Crippen LogP contribution in [0.25, 0.3) is 28.3 Å². The van der Waals surface area contributed by atoms with Crippen LogP contribution in [0.4, 0.5) is 11.6 Å². The lowest BCUT2D eigenvalue weighted by Crippen LogP contribution is -2.47. The Morgan fingerprint density at radius 3 is 2.78 bits per heavy atom. The Bertz CT molecular complexity index is 2040. The highest BCUT2D eigenvalue weighted by Crippen LogP contribution is 2.24. The Morgan fingerprint density at radius 1 is 1.14 bits per heavy atom. The van der Waals surface area contributed by atoms with Gasteiger partial charge in [-0.25, -0.2) is 9.67 Å². The predicted octanol–water partition coefficient (Wildman–Crippen LogP) is 2.16. The molecule has 4 aromatic heterocycles. The van der Waals surface area contributed by atoms with Gasteiger partial charge in [-0.15, -0.1) is 5.10 Å². The molecule has 0 radical (unpaired) electrons. The molecule has 0 bridgehead atoms. The molecule has 5 heterocycles. The zero-order valence-corrected chi connectivity index (χ0v) is 19.0. The Hall–Kier alpha value is -4.16. The van der Waals surface area contributed by atoms with Crippen molar-refractivity contribution in [3.8, 4) is 17.3 Å². The molecule has 1 aliphatic rings. The summed E-state index contributed by atoms with van der Waals surface area (Å²) < 4.78 is 135. The van der Waals surface area contributed by atoms with E-state index in [9.17, 15) is 0 Å². The van der Waals surface area contributed by atoms with Gasteiger partial charge in [-0.2, -0.15) is 14.6 Å². The fourth-order valence-electron chi connectivity index (χ4n) is 3.50. The summed E-state index contributed by atoms with van der Waals surface area (Å²) in [5.74, 6) is 0.258. The number of aromatic nitrogens is 6. The number of rotatable bonds is 9. The first-order chi connectivity index (χ1) is 23.5. The van der Waals surface area contributed by atoms with Gasteiger partial charge in [0.25, 0.3) is 0 Å². The quantitative estimate of drug-likeness (QED) is 0.291. The Labute approximate surface area is 232 Å². The number of aryl methyl sites for hydroxylation is 1. The number of methoxy groups -OCH3 is 1. The second-order valence-electron chi connectivity index (χ2n) is 7.55. The molecule has 6 rings (SSSR count). The van der Waals surface area contributed by atoms with Crippen molar-refractivity contribution in [2.45, 2.75) is 6.54 Å². The van der Waals surface area contributed by atoms with E-state index in [0.717, 1.165) is 21.3 Å². The maximum atomic E-state index is 8.91. The van der Waals surface area contributed by atoms with Gasteiger partial charge in [0.1, 0.15) is 12.4 Å². The maximum Gasteiger partial charge on any atom is 0.225 e. The molecule has 1 aliphatic heterocycles. The lowest BCUT2D eigenvalue weighted by Gasteiger charge is -2.36. The average Bonchev–Trinajstić information content (AvgIpc) is 3.74. The molecule has 0 saturated carbocycles. The van der Waals surface area contributed by atoms with Crippen LogP contribution in [-0.2, 0) is 11.3 Å². The number of benzene rings is 1. The van der Waals surface area contributed by atoms with Gasteiger partial charge in [-0.3, -0.25) is 4.90 Å². The van der Waals surface area contributed by atoms with Crippen LogP contribution in [0.1, 0.15) is 19.2 Å². The summed E-state index contributed by atoms with van der Waals surface area (Å²) in [6.45, 7) is -18.8. The SMILES string of the molecule is [2H]c1nn(CC([2H])([2H])N2C([2H])([2H])C([2H])([2H])N(c3ccc(OCCOC([2H])([2H])[2H])cc3)C([2H])([2H])C2([2H])[2H])c2nc(N)n3nc(-c4ccco4)nc3c12.